The van der Waals surface area contributed by atoms with Crippen LogP contribution in [0.4, 0.5) is 4.39 Å². The van der Waals surface area contributed by atoms with E-state index in [9.17, 15) is 10.2 Å². The molecule has 1 aliphatic carbocycles. The maximum absolute atomic E-state index is 15.2. The lowest BCUT2D eigenvalue weighted by atomic mass is 9.95. The number of rotatable bonds is 8. The lowest BCUT2D eigenvalue weighted by Gasteiger charge is -2.18. The van der Waals surface area contributed by atoms with Gasteiger partial charge in [0.25, 0.3) is 6.01 Å². The van der Waals surface area contributed by atoms with E-state index in [2.05, 4.69) is 15.0 Å². The maximum Gasteiger partial charge on any atom is 0.296 e. The Balaban J connectivity index is 1.16. The van der Waals surface area contributed by atoms with Crippen LogP contribution < -0.4 is 9.47 Å². The molecule has 11 heteroatoms. The van der Waals surface area contributed by atoms with Gasteiger partial charge < -0.3 is 34.1 Å². The minimum atomic E-state index is -0.836. The van der Waals surface area contributed by atoms with E-state index in [1.54, 1.807) is 19.9 Å². The summed E-state index contributed by atoms with van der Waals surface area (Å²) >= 11 is 6.58. The molecule has 9 nitrogen and oxygen atoms in total. The summed E-state index contributed by atoms with van der Waals surface area (Å²) in [7, 11) is 0. The molecule has 1 aromatic carbocycles. The number of ether oxygens (including phenoxy) is 4. The zero-order chi connectivity index (χ0) is 26.6. The Kier molecular flexibility index (Phi) is 6.72. The highest BCUT2D eigenvalue weighted by molar-refractivity contribution is 6.31. The van der Waals surface area contributed by atoms with E-state index in [1.165, 1.54) is 6.07 Å². The first-order valence-electron chi connectivity index (χ1n) is 12.9. The van der Waals surface area contributed by atoms with Crippen LogP contribution in [0.15, 0.2) is 18.2 Å². The summed E-state index contributed by atoms with van der Waals surface area (Å²) in [6, 6.07) is 5.34. The van der Waals surface area contributed by atoms with Crippen molar-refractivity contribution in [2.75, 3.05) is 19.8 Å². The Morgan fingerprint density at radius 1 is 1.18 bits per heavy atom. The van der Waals surface area contributed by atoms with Crippen LogP contribution in [-0.2, 0) is 22.3 Å². The third-order valence-electron chi connectivity index (χ3n) is 7.50. The number of hydrogen-bond acceptors (Lipinski definition) is 8. The number of hydrogen-bond donors (Lipinski definition) is 3. The predicted octanol–water partition coefficient (Wildman–Crippen LogP) is 3.47. The average Bonchev–Trinajstić information content (AvgIpc) is 3.60. The van der Waals surface area contributed by atoms with Gasteiger partial charge in [-0.15, -0.1) is 0 Å². The number of aliphatic hydroxyl groups excluding tert-OH is 1. The number of benzene rings is 1. The standard InChI is InChI=1S/C27H31ClFN3O6/c1-27(2,34)5-6-35-15-7-13-3-4-14(22(13)17(29)9-15)8-18-16(28)10-19-25(30-18)32-26(31-19)38-21-12-37-23-20(33)11-36-24(21)23/h7,9-10,14,20-21,23-24,33-34H,3-6,8,11-12H2,1-2H3,(H,30,31,32)/t14?,20-,21-,23-,24-/m1/s1. The van der Waals surface area contributed by atoms with E-state index < -0.39 is 23.9 Å². The smallest absolute Gasteiger partial charge is 0.296 e. The molecule has 3 aliphatic rings. The van der Waals surface area contributed by atoms with Gasteiger partial charge in [0, 0.05) is 12.5 Å². The number of aromatic nitrogens is 3. The zero-order valence-corrected chi connectivity index (χ0v) is 22.0. The van der Waals surface area contributed by atoms with Gasteiger partial charge in [-0.25, -0.2) is 9.37 Å². The van der Waals surface area contributed by atoms with Gasteiger partial charge in [0.15, 0.2) is 11.8 Å². The van der Waals surface area contributed by atoms with Crippen LogP contribution in [0.25, 0.3) is 11.2 Å². The number of pyridine rings is 1. The molecule has 0 saturated carbocycles. The summed E-state index contributed by atoms with van der Waals surface area (Å²) in [5, 5.41) is 20.3. The molecule has 2 fully saturated rings. The molecular formula is C27H31ClFN3O6. The number of aromatic amines is 1. The number of halogens is 2. The van der Waals surface area contributed by atoms with Gasteiger partial charge in [0.1, 0.15) is 29.9 Å². The van der Waals surface area contributed by atoms with Crippen LogP contribution in [0, 0.1) is 5.82 Å². The zero-order valence-electron chi connectivity index (χ0n) is 21.2. The Hall–Kier alpha value is -2.50. The van der Waals surface area contributed by atoms with Gasteiger partial charge in [-0.2, -0.15) is 4.98 Å². The van der Waals surface area contributed by atoms with Gasteiger partial charge in [-0.05, 0) is 62.3 Å². The Bertz CT molecular complexity index is 1340. The fraction of sp³-hybridized carbons (Fsp3) is 0.556. The number of fused-ring (bicyclic) bond motifs is 3. The molecule has 6 rings (SSSR count). The molecule has 0 radical (unpaired) electrons. The molecule has 2 aromatic heterocycles. The highest BCUT2D eigenvalue weighted by Crippen LogP contribution is 2.40. The van der Waals surface area contributed by atoms with E-state index in [-0.39, 0.29) is 30.5 Å². The van der Waals surface area contributed by atoms with E-state index in [4.69, 9.17) is 30.5 Å². The van der Waals surface area contributed by atoms with Gasteiger partial charge in [-0.1, -0.05) is 11.6 Å². The van der Waals surface area contributed by atoms with Crippen LogP contribution in [0.3, 0.4) is 0 Å². The second-order valence-corrected chi connectivity index (χ2v) is 11.4. The van der Waals surface area contributed by atoms with Crippen molar-refractivity contribution in [1.29, 1.82) is 0 Å². The minimum Gasteiger partial charge on any atom is -0.493 e. The van der Waals surface area contributed by atoms with E-state index in [1.807, 2.05) is 6.07 Å². The van der Waals surface area contributed by atoms with Gasteiger partial charge in [0.05, 0.1) is 41.7 Å². The fourth-order valence-corrected chi connectivity index (χ4v) is 5.77. The molecule has 5 atom stereocenters. The second-order valence-electron chi connectivity index (χ2n) is 11.0. The SMILES string of the molecule is CC(C)(O)CCOc1cc(F)c2c(c1)CCC2Cc1nc2nc(O[C@@H]3CO[C@H]4[C@@H]3OC[C@H]4O)[nH]c2cc1Cl. The molecular weight excluding hydrogens is 517 g/mol. The van der Waals surface area contributed by atoms with Crippen molar-refractivity contribution in [3.05, 3.63) is 45.9 Å². The summed E-state index contributed by atoms with van der Waals surface area (Å²) in [6.07, 6.45) is 0.650. The molecule has 204 valence electrons. The number of nitrogens with one attached hydrogen (secondary N) is 1. The molecule has 3 N–H and O–H groups in total. The molecule has 0 amide bonds. The van der Waals surface area contributed by atoms with Crippen molar-refractivity contribution in [2.45, 2.75) is 75.5 Å². The third kappa shape index (κ3) is 5.08. The van der Waals surface area contributed by atoms with Gasteiger partial charge in [-0.3, -0.25) is 0 Å². The van der Waals surface area contributed by atoms with Gasteiger partial charge >= 0.3 is 0 Å². The monoisotopic (exact) mass is 547 g/mol. The number of nitrogens with zero attached hydrogens (tertiary/aromatic N) is 2. The second kappa shape index (κ2) is 9.91. The summed E-state index contributed by atoms with van der Waals surface area (Å²) in [4.78, 5) is 12.2. The van der Waals surface area contributed by atoms with E-state index >= 15 is 4.39 Å². The minimum absolute atomic E-state index is 0.0638. The number of aryl methyl sites for hydroxylation is 1. The van der Waals surface area contributed by atoms with Gasteiger partial charge in [0.2, 0.25) is 0 Å². The molecule has 0 spiro atoms. The molecule has 2 aliphatic heterocycles. The summed E-state index contributed by atoms with van der Waals surface area (Å²) in [5.74, 6) is 0.113. The maximum atomic E-state index is 15.2. The van der Waals surface area contributed by atoms with E-state index in [0.717, 1.165) is 18.4 Å². The average molecular weight is 548 g/mol. The number of aliphatic hydroxyl groups is 2. The van der Waals surface area contributed by atoms with Crippen molar-refractivity contribution in [3.8, 4) is 11.8 Å². The molecule has 1 unspecified atom stereocenters. The van der Waals surface area contributed by atoms with Crippen molar-refractivity contribution < 1.29 is 33.6 Å². The predicted molar refractivity (Wildman–Crippen MR) is 136 cm³/mol. The highest BCUT2D eigenvalue weighted by Gasteiger charge is 2.48. The topological polar surface area (TPSA) is 119 Å². The molecule has 38 heavy (non-hydrogen) atoms. The van der Waals surface area contributed by atoms with Crippen LogP contribution in [0.5, 0.6) is 11.8 Å². The molecule has 3 aromatic rings. The highest BCUT2D eigenvalue weighted by atomic mass is 35.5. The van der Waals surface area contributed by atoms with Crippen LogP contribution >= 0.6 is 11.6 Å². The third-order valence-corrected chi connectivity index (χ3v) is 7.83. The summed E-state index contributed by atoms with van der Waals surface area (Å²) < 4.78 is 38.1. The van der Waals surface area contributed by atoms with Crippen LogP contribution in [0.2, 0.25) is 5.02 Å². The van der Waals surface area contributed by atoms with Crippen LogP contribution in [0.1, 0.15) is 49.4 Å². The normalized spacial score (nSPS) is 26.6. The molecule has 2 saturated heterocycles. The largest absolute Gasteiger partial charge is 0.493 e. The Morgan fingerprint density at radius 3 is 2.82 bits per heavy atom. The fourth-order valence-electron chi connectivity index (χ4n) is 5.54. The lowest BCUT2D eigenvalue weighted by molar-refractivity contribution is 0.00706. The van der Waals surface area contributed by atoms with Crippen molar-refractivity contribution in [3.63, 3.8) is 0 Å². The van der Waals surface area contributed by atoms with E-state index in [0.29, 0.717) is 59.2 Å². The van der Waals surface area contributed by atoms with Crippen molar-refractivity contribution in [2.24, 2.45) is 0 Å². The summed E-state index contributed by atoms with van der Waals surface area (Å²) in [5.41, 5.74) is 2.50. The lowest BCUT2D eigenvalue weighted by Crippen LogP contribution is -2.34. The Morgan fingerprint density at radius 2 is 2.00 bits per heavy atom. The summed E-state index contributed by atoms with van der Waals surface area (Å²) in [6.45, 7) is 4.25. The van der Waals surface area contributed by atoms with Crippen molar-refractivity contribution >= 4 is 22.8 Å². The number of imidazole rings is 1. The first-order valence-corrected chi connectivity index (χ1v) is 13.3. The Labute approximate surface area is 224 Å². The number of H-pyrrole nitrogens is 1. The molecule has 4 heterocycles. The first kappa shape index (κ1) is 25.8. The molecule has 0 bridgehead atoms. The quantitative estimate of drug-likeness (QED) is 0.392. The van der Waals surface area contributed by atoms with Crippen LogP contribution in [-0.4, -0.2) is 75.0 Å². The van der Waals surface area contributed by atoms with Crippen molar-refractivity contribution in [1.82, 2.24) is 15.0 Å². The first-order chi connectivity index (χ1) is 18.1.